The van der Waals surface area contributed by atoms with Crippen molar-refractivity contribution in [1.29, 1.82) is 0 Å². The molecule has 0 amide bonds. The minimum Gasteiger partial charge on any atom is -0.435 e. The average molecular weight is 269 g/mol. The molecule has 1 aromatic carbocycles. The normalized spacial score (nSPS) is 22.3. The first kappa shape index (κ1) is 14.1. The second kappa shape index (κ2) is 5.76. The van der Waals surface area contributed by atoms with Crippen LogP contribution in [0.3, 0.4) is 0 Å². The van der Waals surface area contributed by atoms with E-state index in [1.165, 1.54) is 19.3 Å². The minimum atomic E-state index is -2.77. The Morgan fingerprint density at radius 1 is 1.21 bits per heavy atom. The van der Waals surface area contributed by atoms with Crippen molar-refractivity contribution in [2.75, 3.05) is 5.32 Å². The highest BCUT2D eigenvalue weighted by molar-refractivity contribution is 5.47. The van der Waals surface area contributed by atoms with Crippen LogP contribution in [-0.4, -0.2) is 12.7 Å². The number of hydrogen-bond acceptors (Lipinski definition) is 2. The van der Waals surface area contributed by atoms with Crippen molar-refractivity contribution in [1.82, 2.24) is 0 Å². The van der Waals surface area contributed by atoms with Gasteiger partial charge in [0, 0.05) is 11.7 Å². The quantitative estimate of drug-likeness (QED) is 0.857. The van der Waals surface area contributed by atoms with Gasteiger partial charge in [0.1, 0.15) is 5.75 Å². The number of ether oxygens (including phenoxy) is 1. The molecule has 2 nitrogen and oxygen atoms in total. The van der Waals surface area contributed by atoms with Crippen LogP contribution in [0.15, 0.2) is 24.3 Å². The molecule has 1 saturated carbocycles. The molecule has 1 N–H and O–H groups in total. The van der Waals surface area contributed by atoms with E-state index in [-0.39, 0.29) is 11.2 Å². The zero-order chi connectivity index (χ0) is 13.9. The molecule has 0 radical (unpaired) electrons. The smallest absolute Gasteiger partial charge is 0.387 e. The number of hydrogen-bond donors (Lipinski definition) is 1. The van der Waals surface area contributed by atoms with E-state index in [2.05, 4.69) is 23.9 Å². The highest BCUT2D eigenvalue weighted by atomic mass is 19.3. The van der Waals surface area contributed by atoms with Gasteiger partial charge in [-0.25, -0.2) is 0 Å². The third-order valence-corrected chi connectivity index (χ3v) is 3.93. The molecule has 1 atom stereocenters. The molecule has 1 aliphatic carbocycles. The Kier molecular flexibility index (Phi) is 4.27. The van der Waals surface area contributed by atoms with Crippen molar-refractivity contribution < 1.29 is 13.5 Å². The number of anilines is 1. The zero-order valence-corrected chi connectivity index (χ0v) is 11.5. The lowest BCUT2D eigenvalue weighted by Crippen LogP contribution is -2.38. The van der Waals surface area contributed by atoms with E-state index in [4.69, 9.17) is 0 Å². The Labute approximate surface area is 113 Å². The van der Waals surface area contributed by atoms with E-state index >= 15 is 0 Å². The number of nitrogens with one attached hydrogen (secondary N) is 1. The summed E-state index contributed by atoms with van der Waals surface area (Å²) in [6.07, 6.45) is 4.90. The van der Waals surface area contributed by atoms with Gasteiger partial charge in [0.05, 0.1) is 0 Å². The van der Waals surface area contributed by atoms with Crippen LogP contribution in [0.5, 0.6) is 5.75 Å². The number of alkyl halides is 2. The SMILES string of the molecule is CC1(C)CCCCC1Nc1ccc(OC(F)F)cc1. The van der Waals surface area contributed by atoms with Crippen molar-refractivity contribution >= 4 is 5.69 Å². The molecule has 0 bridgehead atoms. The van der Waals surface area contributed by atoms with E-state index in [1.807, 2.05) is 0 Å². The highest BCUT2D eigenvalue weighted by Crippen LogP contribution is 2.37. The Balaban J connectivity index is 1.99. The van der Waals surface area contributed by atoms with E-state index < -0.39 is 6.61 Å². The average Bonchev–Trinajstić information content (AvgIpc) is 2.33. The van der Waals surface area contributed by atoms with Crippen molar-refractivity contribution in [3.05, 3.63) is 24.3 Å². The Hall–Kier alpha value is -1.32. The largest absolute Gasteiger partial charge is 0.435 e. The monoisotopic (exact) mass is 269 g/mol. The van der Waals surface area contributed by atoms with Crippen molar-refractivity contribution in [3.63, 3.8) is 0 Å². The summed E-state index contributed by atoms with van der Waals surface area (Å²) in [6.45, 7) is 1.78. The van der Waals surface area contributed by atoms with Crippen molar-refractivity contribution in [2.24, 2.45) is 5.41 Å². The maximum absolute atomic E-state index is 12.1. The molecule has 0 spiro atoms. The van der Waals surface area contributed by atoms with Crippen LogP contribution in [0, 0.1) is 5.41 Å². The predicted molar refractivity (Wildman–Crippen MR) is 72.7 cm³/mol. The van der Waals surface area contributed by atoms with Gasteiger partial charge in [-0.3, -0.25) is 0 Å². The highest BCUT2D eigenvalue weighted by Gasteiger charge is 2.31. The molecule has 1 unspecified atom stereocenters. The molecule has 0 aromatic heterocycles. The summed E-state index contributed by atoms with van der Waals surface area (Å²) in [5, 5.41) is 3.51. The van der Waals surface area contributed by atoms with E-state index in [9.17, 15) is 8.78 Å². The number of halogens is 2. The first-order chi connectivity index (χ1) is 8.97. The zero-order valence-electron chi connectivity index (χ0n) is 11.5. The molecule has 2 rings (SSSR count). The Morgan fingerprint density at radius 3 is 2.47 bits per heavy atom. The summed E-state index contributed by atoms with van der Waals surface area (Å²) >= 11 is 0. The Morgan fingerprint density at radius 2 is 1.89 bits per heavy atom. The van der Waals surface area contributed by atoms with E-state index in [0.29, 0.717) is 6.04 Å². The standard InChI is InChI=1S/C15H21F2NO/c1-15(2)10-4-3-5-13(15)18-11-6-8-12(9-7-11)19-14(16)17/h6-9,13-14,18H,3-5,10H2,1-2H3. The van der Waals surface area contributed by atoms with Crippen LogP contribution in [-0.2, 0) is 0 Å². The molecule has 19 heavy (non-hydrogen) atoms. The number of benzene rings is 1. The van der Waals surface area contributed by atoms with Gasteiger partial charge >= 0.3 is 6.61 Å². The van der Waals surface area contributed by atoms with Crippen LogP contribution in [0.4, 0.5) is 14.5 Å². The summed E-state index contributed by atoms with van der Waals surface area (Å²) in [4.78, 5) is 0. The van der Waals surface area contributed by atoms with Gasteiger partial charge in [0.25, 0.3) is 0 Å². The van der Waals surface area contributed by atoms with Crippen LogP contribution in [0.25, 0.3) is 0 Å². The first-order valence-corrected chi connectivity index (χ1v) is 6.79. The third-order valence-electron chi connectivity index (χ3n) is 3.93. The second-order valence-electron chi connectivity index (χ2n) is 5.83. The summed E-state index contributed by atoms with van der Waals surface area (Å²) in [5.74, 6) is 0.198. The van der Waals surface area contributed by atoms with Crippen LogP contribution < -0.4 is 10.1 Å². The van der Waals surface area contributed by atoms with Gasteiger partial charge in [-0.15, -0.1) is 0 Å². The van der Waals surface area contributed by atoms with Crippen LogP contribution >= 0.6 is 0 Å². The van der Waals surface area contributed by atoms with Crippen molar-refractivity contribution in [2.45, 2.75) is 52.2 Å². The maximum atomic E-state index is 12.1. The summed E-state index contributed by atoms with van der Waals surface area (Å²) in [5.41, 5.74) is 1.23. The Bertz CT molecular complexity index is 403. The fourth-order valence-corrected chi connectivity index (χ4v) is 2.70. The van der Waals surface area contributed by atoms with Crippen LogP contribution in [0.1, 0.15) is 39.5 Å². The third kappa shape index (κ3) is 3.82. The van der Waals surface area contributed by atoms with Gasteiger partial charge in [0.15, 0.2) is 0 Å². The van der Waals surface area contributed by atoms with Gasteiger partial charge in [-0.1, -0.05) is 26.7 Å². The molecular formula is C15H21F2NO. The lowest BCUT2D eigenvalue weighted by atomic mass is 9.73. The molecule has 1 aliphatic rings. The molecule has 1 fully saturated rings. The first-order valence-electron chi connectivity index (χ1n) is 6.79. The number of rotatable bonds is 4. The summed E-state index contributed by atoms with van der Waals surface area (Å²) in [7, 11) is 0. The van der Waals surface area contributed by atoms with E-state index in [1.54, 1.807) is 24.3 Å². The summed E-state index contributed by atoms with van der Waals surface area (Å²) < 4.78 is 28.5. The van der Waals surface area contributed by atoms with E-state index in [0.717, 1.165) is 12.1 Å². The molecule has 0 heterocycles. The molecular weight excluding hydrogens is 248 g/mol. The van der Waals surface area contributed by atoms with Gasteiger partial charge in [-0.2, -0.15) is 8.78 Å². The minimum absolute atomic E-state index is 0.198. The lowest BCUT2D eigenvalue weighted by molar-refractivity contribution is -0.0498. The lowest BCUT2D eigenvalue weighted by Gasteiger charge is -2.39. The van der Waals surface area contributed by atoms with Gasteiger partial charge < -0.3 is 10.1 Å². The fourth-order valence-electron chi connectivity index (χ4n) is 2.70. The molecule has 1 aromatic rings. The maximum Gasteiger partial charge on any atom is 0.387 e. The topological polar surface area (TPSA) is 21.3 Å². The molecule has 0 aliphatic heterocycles. The molecule has 106 valence electrons. The molecule has 4 heteroatoms. The molecule has 0 saturated heterocycles. The second-order valence-corrected chi connectivity index (χ2v) is 5.83. The van der Waals surface area contributed by atoms with Gasteiger partial charge in [0.2, 0.25) is 0 Å². The summed E-state index contributed by atoms with van der Waals surface area (Å²) in [6, 6.07) is 7.17. The predicted octanol–water partition coefficient (Wildman–Crippen LogP) is 4.67. The van der Waals surface area contributed by atoms with Gasteiger partial charge in [-0.05, 0) is 42.5 Å². The van der Waals surface area contributed by atoms with Crippen molar-refractivity contribution in [3.8, 4) is 5.75 Å². The fraction of sp³-hybridized carbons (Fsp3) is 0.600. The van der Waals surface area contributed by atoms with Crippen LogP contribution in [0.2, 0.25) is 0 Å².